The van der Waals surface area contributed by atoms with Crippen molar-refractivity contribution in [1.82, 2.24) is 19.6 Å². The molecule has 0 spiro atoms. The van der Waals surface area contributed by atoms with Gasteiger partial charge >= 0.3 is 0 Å². The van der Waals surface area contributed by atoms with E-state index in [0.717, 1.165) is 39.4 Å². The molecule has 2 heterocycles. The summed E-state index contributed by atoms with van der Waals surface area (Å²) in [4.78, 5) is 25.1. The van der Waals surface area contributed by atoms with Gasteiger partial charge in [0, 0.05) is 23.2 Å². The van der Waals surface area contributed by atoms with E-state index in [-0.39, 0.29) is 5.91 Å². The summed E-state index contributed by atoms with van der Waals surface area (Å²) in [6, 6.07) is 47.7. The number of hydrogen-bond acceptors (Lipinski definition) is 4. The van der Waals surface area contributed by atoms with E-state index in [4.69, 9.17) is 5.10 Å². The highest BCUT2D eigenvalue weighted by atomic mass is 16.2. The van der Waals surface area contributed by atoms with Crippen LogP contribution in [0.15, 0.2) is 152 Å². The lowest BCUT2D eigenvalue weighted by Gasteiger charge is -2.37. The van der Waals surface area contributed by atoms with Crippen molar-refractivity contribution in [3.05, 3.63) is 185 Å². The first-order valence-corrected chi connectivity index (χ1v) is 14.7. The maximum atomic E-state index is 14.0. The third kappa shape index (κ3) is 5.10. The third-order valence-corrected chi connectivity index (χ3v) is 8.01. The first kappa shape index (κ1) is 27.7. The minimum Gasteiger partial charge on any atom is -0.304 e. The van der Waals surface area contributed by atoms with Crippen molar-refractivity contribution in [3.63, 3.8) is 0 Å². The molecule has 45 heavy (non-hydrogen) atoms. The molecule has 0 fully saturated rings. The zero-order chi connectivity index (χ0) is 30.6. The average Bonchev–Trinajstić information content (AvgIpc) is 3.71. The summed E-state index contributed by atoms with van der Waals surface area (Å²) in [6.07, 6.45) is 2.62. The first-order chi connectivity index (χ1) is 22.2. The number of anilines is 1. The standard InChI is InChI=1S/C38H29N5O2/c44-27-29-14-12-13-28(25-29)26-42-24-23-35(40-42)39-37(45)36-33-21-10-11-22-34(33)43(41-36)38(30-15-4-1-5-16-30,31-17-6-2-7-18-31)32-19-8-3-9-20-32/h1-25,27H,26H2,(H,39,40,45). The summed E-state index contributed by atoms with van der Waals surface area (Å²) in [5.41, 5.74) is 4.82. The maximum Gasteiger partial charge on any atom is 0.278 e. The monoisotopic (exact) mass is 587 g/mol. The molecular formula is C38H29N5O2. The van der Waals surface area contributed by atoms with Crippen LogP contribution in [0.5, 0.6) is 0 Å². The Kier molecular flexibility index (Phi) is 7.33. The van der Waals surface area contributed by atoms with Crippen LogP contribution >= 0.6 is 0 Å². The molecule has 0 saturated heterocycles. The summed E-state index contributed by atoms with van der Waals surface area (Å²) >= 11 is 0. The van der Waals surface area contributed by atoms with E-state index in [1.54, 1.807) is 23.0 Å². The normalized spacial score (nSPS) is 11.4. The number of hydrogen-bond donors (Lipinski definition) is 1. The van der Waals surface area contributed by atoms with Gasteiger partial charge in [-0.2, -0.15) is 10.2 Å². The molecular weight excluding hydrogens is 558 g/mol. The van der Waals surface area contributed by atoms with Crippen LogP contribution in [0.4, 0.5) is 5.82 Å². The van der Waals surface area contributed by atoms with Gasteiger partial charge in [-0.3, -0.25) is 14.3 Å². The summed E-state index contributed by atoms with van der Waals surface area (Å²) < 4.78 is 3.71. The van der Waals surface area contributed by atoms with Gasteiger partial charge in [0.05, 0.1) is 12.1 Å². The Bertz CT molecular complexity index is 2000. The molecule has 1 N–H and O–H groups in total. The van der Waals surface area contributed by atoms with Gasteiger partial charge < -0.3 is 5.32 Å². The Morgan fingerprint density at radius 2 is 1.29 bits per heavy atom. The second kappa shape index (κ2) is 11.9. The van der Waals surface area contributed by atoms with Gasteiger partial charge in [0.15, 0.2) is 11.5 Å². The fourth-order valence-electron chi connectivity index (χ4n) is 6.04. The van der Waals surface area contributed by atoms with E-state index in [0.29, 0.717) is 23.6 Å². The van der Waals surface area contributed by atoms with Gasteiger partial charge in [-0.05, 0) is 34.4 Å². The second-order valence-electron chi connectivity index (χ2n) is 10.8. The average molecular weight is 588 g/mol. The number of fused-ring (bicyclic) bond motifs is 1. The summed E-state index contributed by atoms with van der Waals surface area (Å²) in [6.45, 7) is 0.461. The molecule has 0 radical (unpaired) electrons. The number of carbonyl (C=O) groups is 2. The molecule has 0 atom stereocenters. The zero-order valence-corrected chi connectivity index (χ0v) is 24.3. The summed E-state index contributed by atoms with van der Waals surface area (Å²) in [5.74, 6) is 0.0480. The number of para-hydroxylation sites is 1. The van der Waals surface area contributed by atoms with Crippen LogP contribution in [0.25, 0.3) is 10.9 Å². The topological polar surface area (TPSA) is 81.8 Å². The van der Waals surface area contributed by atoms with Crippen molar-refractivity contribution in [1.29, 1.82) is 0 Å². The largest absolute Gasteiger partial charge is 0.304 e. The molecule has 7 heteroatoms. The quantitative estimate of drug-likeness (QED) is 0.143. The molecule has 0 aliphatic carbocycles. The highest BCUT2D eigenvalue weighted by Gasteiger charge is 2.41. The number of nitrogens with one attached hydrogen (secondary N) is 1. The van der Waals surface area contributed by atoms with Crippen LogP contribution in [0.3, 0.4) is 0 Å². The predicted molar refractivity (Wildman–Crippen MR) is 175 cm³/mol. The molecule has 0 aliphatic rings. The van der Waals surface area contributed by atoms with E-state index in [2.05, 4.69) is 46.8 Å². The van der Waals surface area contributed by atoms with E-state index in [9.17, 15) is 9.59 Å². The van der Waals surface area contributed by atoms with Crippen LogP contribution in [0.2, 0.25) is 0 Å². The fourth-order valence-corrected chi connectivity index (χ4v) is 6.04. The molecule has 5 aromatic carbocycles. The molecule has 0 unspecified atom stereocenters. The van der Waals surface area contributed by atoms with Crippen molar-refractivity contribution >= 4 is 28.9 Å². The first-order valence-electron chi connectivity index (χ1n) is 14.7. The van der Waals surface area contributed by atoms with Crippen LogP contribution in [0.1, 0.15) is 43.1 Å². The lowest BCUT2D eigenvalue weighted by atomic mass is 9.77. The molecule has 1 amide bonds. The van der Waals surface area contributed by atoms with Gasteiger partial charge in [0.2, 0.25) is 0 Å². The number of benzene rings is 5. The maximum absolute atomic E-state index is 14.0. The fraction of sp³-hybridized carbons (Fsp3) is 0.0526. The Hall–Kier alpha value is -6.08. The van der Waals surface area contributed by atoms with E-state index < -0.39 is 5.54 Å². The van der Waals surface area contributed by atoms with Crippen LogP contribution in [0, 0.1) is 0 Å². The van der Waals surface area contributed by atoms with Gasteiger partial charge in [-0.1, -0.05) is 127 Å². The molecule has 218 valence electrons. The number of carbonyl (C=O) groups excluding carboxylic acids is 2. The van der Waals surface area contributed by atoms with E-state index in [1.807, 2.05) is 102 Å². The minimum absolute atomic E-state index is 0.297. The Balaban J connectivity index is 1.33. The van der Waals surface area contributed by atoms with Gasteiger partial charge in [-0.15, -0.1) is 0 Å². The van der Waals surface area contributed by atoms with Gasteiger partial charge in [-0.25, -0.2) is 4.68 Å². The smallest absolute Gasteiger partial charge is 0.278 e. The second-order valence-corrected chi connectivity index (χ2v) is 10.8. The highest BCUT2D eigenvalue weighted by molar-refractivity contribution is 6.11. The molecule has 7 nitrogen and oxygen atoms in total. The van der Waals surface area contributed by atoms with E-state index >= 15 is 0 Å². The van der Waals surface area contributed by atoms with Crippen molar-refractivity contribution in [2.24, 2.45) is 0 Å². The van der Waals surface area contributed by atoms with Crippen molar-refractivity contribution < 1.29 is 9.59 Å². The number of nitrogens with zero attached hydrogens (tertiary/aromatic N) is 4. The molecule has 2 aromatic heterocycles. The van der Waals surface area contributed by atoms with Crippen LogP contribution in [-0.2, 0) is 12.1 Å². The number of aldehydes is 1. The Morgan fingerprint density at radius 1 is 0.689 bits per heavy atom. The Labute approximate surface area is 260 Å². The van der Waals surface area contributed by atoms with Crippen molar-refractivity contribution in [2.75, 3.05) is 5.32 Å². The number of aromatic nitrogens is 4. The minimum atomic E-state index is -0.875. The SMILES string of the molecule is O=Cc1cccc(Cn2ccc(NC(=O)c3nn(C(c4ccccc4)(c4ccccc4)c4ccccc4)c4ccccc34)n2)c1. The molecule has 7 aromatic rings. The zero-order valence-electron chi connectivity index (χ0n) is 24.3. The number of rotatable bonds is 9. The van der Waals surface area contributed by atoms with Crippen molar-refractivity contribution in [2.45, 2.75) is 12.1 Å². The van der Waals surface area contributed by atoms with Crippen molar-refractivity contribution in [3.8, 4) is 0 Å². The summed E-state index contributed by atoms with van der Waals surface area (Å²) in [5, 5.41) is 13.4. The van der Waals surface area contributed by atoms with Crippen LogP contribution in [-0.4, -0.2) is 31.8 Å². The highest BCUT2D eigenvalue weighted by Crippen LogP contribution is 2.42. The van der Waals surface area contributed by atoms with Crippen LogP contribution < -0.4 is 5.32 Å². The molecule has 0 bridgehead atoms. The molecule has 0 aliphatic heterocycles. The number of amides is 1. The van der Waals surface area contributed by atoms with Gasteiger partial charge in [0.25, 0.3) is 5.91 Å². The lowest BCUT2D eigenvalue weighted by Crippen LogP contribution is -2.38. The van der Waals surface area contributed by atoms with Gasteiger partial charge in [0.1, 0.15) is 11.8 Å². The summed E-state index contributed by atoms with van der Waals surface area (Å²) in [7, 11) is 0. The third-order valence-electron chi connectivity index (χ3n) is 8.01. The molecule has 7 rings (SSSR count). The van der Waals surface area contributed by atoms with E-state index in [1.165, 1.54) is 0 Å². The Morgan fingerprint density at radius 3 is 1.91 bits per heavy atom. The lowest BCUT2D eigenvalue weighted by molar-refractivity contribution is 0.102. The molecule has 0 saturated carbocycles. The predicted octanol–water partition coefficient (Wildman–Crippen LogP) is 7.19.